The molecule has 0 bridgehead atoms. The van der Waals surface area contributed by atoms with Crippen molar-refractivity contribution in [3.63, 3.8) is 0 Å². The van der Waals surface area contributed by atoms with Crippen LogP contribution in [-0.4, -0.2) is 10.2 Å². The van der Waals surface area contributed by atoms with Crippen molar-refractivity contribution in [1.29, 1.82) is 0 Å². The molecule has 74 valence electrons. The van der Waals surface area contributed by atoms with E-state index in [9.17, 15) is 0 Å². The van der Waals surface area contributed by atoms with Crippen LogP contribution in [0.2, 0.25) is 0 Å². The molecule has 0 atom stereocenters. The van der Waals surface area contributed by atoms with Gasteiger partial charge in [0.1, 0.15) is 5.52 Å². The van der Waals surface area contributed by atoms with Gasteiger partial charge in [-0.3, -0.25) is 0 Å². The number of aromatic nitrogens is 1. The first-order valence-corrected chi connectivity index (χ1v) is 5.36. The standard InChI is InChI=1S/C10H12N2OS/c1-6(2)14-10-12-8-5-7(11)3-4-9(8)13-10/h3-6H,11H2,1-2H3. The van der Waals surface area contributed by atoms with E-state index in [4.69, 9.17) is 10.2 Å². The molecule has 0 saturated carbocycles. The van der Waals surface area contributed by atoms with Crippen molar-refractivity contribution in [2.24, 2.45) is 0 Å². The fraction of sp³-hybridized carbons (Fsp3) is 0.300. The lowest BCUT2D eigenvalue weighted by atomic mass is 10.3. The fourth-order valence-electron chi connectivity index (χ4n) is 1.18. The fourth-order valence-corrected chi connectivity index (χ4v) is 1.87. The number of rotatable bonds is 2. The molecule has 0 spiro atoms. The molecule has 0 unspecified atom stereocenters. The highest BCUT2D eigenvalue weighted by Gasteiger charge is 2.07. The second-order valence-corrected chi connectivity index (χ2v) is 4.90. The molecule has 0 amide bonds. The normalized spacial score (nSPS) is 11.4. The van der Waals surface area contributed by atoms with Gasteiger partial charge in [-0.1, -0.05) is 25.6 Å². The topological polar surface area (TPSA) is 52.0 Å². The maximum Gasteiger partial charge on any atom is 0.256 e. The van der Waals surface area contributed by atoms with Gasteiger partial charge >= 0.3 is 0 Å². The molecule has 1 heterocycles. The van der Waals surface area contributed by atoms with Gasteiger partial charge in [-0.15, -0.1) is 0 Å². The first-order valence-electron chi connectivity index (χ1n) is 4.48. The lowest BCUT2D eigenvalue weighted by Gasteiger charge is -1.96. The van der Waals surface area contributed by atoms with E-state index in [1.54, 1.807) is 11.8 Å². The molecule has 0 radical (unpaired) electrons. The SMILES string of the molecule is CC(C)Sc1nc2cc(N)ccc2o1. The molecular formula is C10H12N2OS. The van der Waals surface area contributed by atoms with Gasteiger partial charge in [-0.25, -0.2) is 4.98 Å². The number of anilines is 1. The summed E-state index contributed by atoms with van der Waals surface area (Å²) in [6, 6.07) is 5.49. The third kappa shape index (κ3) is 1.85. The first-order chi connectivity index (χ1) is 6.65. The summed E-state index contributed by atoms with van der Waals surface area (Å²) in [5, 5.41) is 1.18. The highest BCUT2D eigenvalue weighted by Crippen LogP contribution is 2.27. The Hall–Kier alpha value is -1.16. The van der Waals surface area contributed by atoms with Gasteiger partial charge in [0, 0.05) is 10.9 Å². The highest BCUT2D eigenvalue weighted by atomic mass is 32.2. The molecule has 0 aliphatic heterocycles. The minimum atomic E-state index is 0.473. The minimum absolute atomic E-state index is 0.473. The largest absolute Gasteiger partial charge is 0.431 e. The number of oxazole rings is 1. The van der Waals surface area contributed by atoms with Crippen molar-refractivity contribution in [2.45, 2.75) is 24.3 Å². The van der Waals surface area contributed by atoms with Crippen LogP contribution in [0.3, 0.4) is 0 Å². The second kappa shape index (κ2) is 3.53. The third-order valence-corrected chi connectivity index (χ3v) is 2.58. The van der Waals surface area contributed by atoms with Crippen LogP contribution in [0, 0.1) is 0 Å². The van der Waals surface area contributed by atoms with E-state index in [1.165, 1.54) is 0 Å². The van der Waals surface area contributed by atoms with Crippen molar-refractivity contribution in [2.75, 3.05) is 5.73 Å². The van der Waals surface area contributed by atoms with Gasteiger partial charge in [-0.2, -0.15) is 0 Å². The van der Waals surface area contributed by atoms with Crippen LogP contribution in [0.25, 0.3) is 11.1 Å². The van der Waals surface area contributed by atoms with Crippen LogP contribution < -0.4 is 5.73 Å². The van der Waals surface area contributed by atoms with Crippen molar-refractivity contribution in [3.05, 3.63) is 18.2 Å². The summed E-state index contributed by atoms with van der Waals surface area (Å²) >= 11 is 1.61. The van der Waals surface area contributed by atoms with E-state index in [-0.39, 0.29) is 0 Å². The number of nitrogens with zero attached hydrogens (tertiary/aromatic N) is 1. The molecular weight excluding hydrogens is 196 g/mol. The van der Waals surface area contributed by atoms with Crippen molar-refractivity contribution in [1.82, 2.24) is 4.98 Å². The number of fused-ring (bicyclic) bond motifs is 1. The molecule has 1 aromatic heterocycles. The molecule has 0 saturated heterocycles. The van der Waals surface area contributed by atoms with Crippen LogP contribution in [0.1, 0.15) is 13.8 Å². The molecule has 2 aromatic rings. The molecule has 0 aliphatic rings. The number of hydrogen-bond acceptors (Lipinski definition) is 4. The number of nitrogens with two attached hydrogens (primary N) is 1. The molecule has 1 aromatic carbocycles. The van der Waals surface area contributed by atoms with E-state index in [2.05, 4.69) is 18.8 Å². The molecule has 4 heteroatoms. The van der Waals surface area contributed by atoms with E-state index in [0.717, 1.165) is 11.1 Å². The first kappa shape index (κ1) is 9.40. The summed E-state index contributed by atoms with van der Waals surface area (Å²) in [4.78, 5) is 4.33. The highest BCUT2D eigenvalue weighted by molar-refractivity contribution is 7.99. The molecule has 14 heavy (non-hydrogen) atoms. The summed E-state index contributed by atoms with van der Waals surface area (Å²) in [5.41, 5.74) is 7.98. The van der Waals surface area contributed by atoms with Gasteiger partial charge < -0.3 is 10.2 Å². The number of nitrogen functional groups attached to an aromatic ring is 1. The predicted octanol–water partition coefficient (Wildman–Crippen LogP) is 2.91. The van der Waals surface area contributed by atoms with Crippen LogP contribution in [-0.2, 0) is 0 Å². The molecule has 2 N–H and O–H groups in total. The third-order valence-electron chi connectivity index (χ3n) is 1.73. The maximum atomic E-state index is 5.65. The summed E-state index contributed by atoms with van der Waals surface area (Å²) in [5.74, 6) is 0. The van der Waals surface area contributed by atoms with Crippen LogP contribution in [0.5, 0.6) is 0 Å². The summed E-state index contributed by atoms with van der Waals surface area (Å²) in [7, 11) is 0. The number of benzene rings is 1. The average Bonchev–Trinajstić information content (AvgIpc) is 2.44. The Morgan fingerprint density at radius 3 is 2.93 bits per heavy atom. The smallest absolute Gasteiger partial charge is 0.256 e. The predicted molar refractivity (Wildman–Crippen MR) is 59.4 cm³/mol. The maximum absolute atomic E-state index is 5.65. The zero-order valence-corrected chi connectivity index (χ0v) is 8.97. The summed E-state index contributed by atoms with van der Waals surface area (Å²) < 4.78 is 5.53. The van der Waals surface area contributed by atoms with Gasteiger partial charge in [0.25, 0.3) is 5.22 Å². The number of hydrogen-bond donors (Lipinski definition) is 1. The second-order valence-electron chi connectivity index (χ2n) is 3.37. The van der Waals surface area contributed by atoms with Gasteiger partial charge in [-0.05, 0) is 18.2 Å². The summed E-state index contributed by atoms with van der Waals surface area (Å²) in [6.07, 6.45) is 0. The van der Waals surface area contributed by atoms with Crippen molar-refractivity contribution < 1.29 is 4.42 Å². The monoisotopic (exact) mass is 208 g/mol. The van der Waals surface area contributed by atoms with Crippen LogP contribution in [0.15, 0.2) is 27.8 Å². The van der Waals surface area contributed by atoms with E-state index in [0.29, 0.717) is 16.2 Å². The average molecular weight is 208 g/mol. The van der Waals surface area contributed by atoms with Gasteiger partial charge in [0.05, 0.1) is 0 Å². The Balaban J connectivity index is 2.41. The van der Waals surface area contributed by atoms with Crippen molar-refractivity contribution in [3.8, 4) is 0 Å². The zero-order valence-electron chi connectivity index (χ0n) is 8.15. The van der Waals surface area contributed by atoms with E-state index < -0.39 is 0 Å². The van der Waals surface area contributed by atoms with Crippen LogP contribution in [0.4, 0.5) is 5.69 Å². The summed E-state index contributed by atoms with van der Waals surface area (Å²) in [6.45, 7) is 4.21. The molecule has 0 fully saturated rings. The van der Waals surface area contributed by atoms with Crippen LogP contribution >= 0.6 is 11.8 Å². The minimum Gasteiger partial charge on any atom is -0.431 e. The Labute approximate surface area is 86.7 Å². The van der Waals surface area contributed by atoms with Gasteiger partial charge in [0.2, 0.25) is 0 Å². The Morgan fingerprint density at radius 2 is 2.21 bits per heavy atom. The van der Waals surface area contributed by atoms with E-state index in [1.807, 2.05) is 18.2 Å². The van der Waals surface area contributed by atoms with Crippen molar-refractivity contribution >= 4 is 28.5 Å². The molecule has 2 rings (SSSR count). The molecule has 0 aliphatic carbocycles. The quantitative estimate of drug-likeness (QED) is 0.609. The number of thioether (sulfide) groups is 1. The lowest BCUT2D eigenvalue weighted by Crippen LogP contribution is -1.85. The Morgan fingerprint density at radius 1 is 1.43 bits per heavy atom. The van der Waals surface area contributed by atoms with Gasteiger partial charge in [0.15, 0.2) is 5.58 Å². The molecule has 3 nitrogen and oxygen atoms in total. The zero-order chi connectivity index (χ0) is 10.1. The Kier molecular flexibility index (Phi) is 2.37. The van der Waals surface area contributed by atoms with E-state index >= 15 is 0 Å². The lowest BCUT2D eigenvalue weighted by molar-refractivity contribution is 0.488. The Bertz CT molecular complexity index is 450.